The van der Waals surface area contributed by atoms with Crippen molar-refractivity contribution in [3.8, 4) is 0 Å². The van der Waals surface area contributed by atoms with Crippen LogP contribution in [-0.2, 0) is 25.7 Å². The Bertz CT molecular complexity index is 1170. The number of fused-ring (bicyclic) bond motifs is 1. The van der Waals surface area contributed by atoms with Crippen molar-refractivity contribution in [2.75, 3.05) is 19.7 Å². The largest absolute Gasteiger partial charge is 0.394 e. The number of alkyl halides is 1. The third-order valence-corrected chi connectivity index (χ3v) is 9.67. The molecule has 4 rings (SSSR count). The number of halogens is 1. The highest BCUT2D eigenvalue weighted by molar-refractivity contribution is 9.09. The van der Waals surface area contributed by atoms with Gasteiger partial charge in [0.25, 0.3) is 0 Å². The molecule has 0 aliphatic carbocycles. The average molecular weight is 631 g/mol. The number of hydrogen-bond donors (Lipinski definition) is 1. The normalized spacial score (nSPS) is 29.4. The molecule has 3 aliphatic heterocycles. The van der Waals surface area contributed by atoms with Crippen molar-refractivity contribution in [1.82, 2.24) is 14.7 Å². The van der Waals surface area contributed by atoms with Gasteiger partial charge in [0.05, 0.1) is 30.6 Å². The Morgan fingerprint density at radius 3 is 2.34 bits per heavy atom. The van der Waals surface area contributed by atoms with Gasteiger partial charge in [-0.3, -0.25) is 14.4 Å². The molecule has 1 N–H and O–H groups in total. The molecule has 2 bridgehead atoms. The zero-order valence-corrected chi connectivity index (χ0v) is 26.4. The average Bonchev–Trinajstić information content (AvgIpc) is 3.50. The Balaban J connectivity index is 1.82. The van der Waals surface area contributed by atoms with Crippen LogP contribution in [0.15, 0.2) is 55.6 Å². The lowest BCUT2D eigenvalue weighted by atomic mass is 9.70. The van der Waals surface area contributed by atoms with Crippen LogP contribution < -0.4 is 0 Å². The van der Waals surface area contributed by atoms with Gasteiger partial charge in [-0.15, -0.1) is 13.2 Å². The van der Waals surface area contributed by atoms with Crippen molar-refractivity contribution in [2.45, 2.75) is 81.7 Å². The van der Waals surface area contributed by atoms with Gasteiger partial charge >= 0.3 is 0 Å². The van der Waals surface area contributed by atoms with Gasteiger partial charge in [-0.2, -0.15) is 0 Å². The van der Waals surface area contributed by atoms with Gasteiger partial charge in [-0.25, -0.2) is 0 Å². The van der Waals surface area contributed by atoms with Crippen LogP contribution in [0.25, 0.3) is 0 Å². The summed E-state index contributed by atoms with van der Waals surface area (Å²) >= 11 is 3.76. The molecule has 3 heterocycles. The van der Waals surface area contributed by atoms with E-state index < -0.39 is 41.2 Å². The number of carbonyl (C=O) groups excluding carboxylic acids is 3. The predicted octanol–water partition coefficient (Wildman–Crippen LogP) is 3.78. The molecule has 0 radical (unpaired) electrons. The maximum atomic E-state index is 14.6. The van der Waals surface area contributed by atoms with Gasteiger partial charge in [0.15, 0.2) is 0 Å². The fraction of sp³-hybridized carbons (Fsp3) is 0.594. The molecule has 1 aromatic carbocycles. The molecule has 41 heavy (non-hydrogen) atoms. The number of nitrogens with zero attached hydrogens (tertiary/aromatic N) is 3. The van der Waals surface area contributed by atoms with Crippen LogP contribution in [0, 0.1) is 17.8 Å². The first-order valence-corrected chi connectivity index (χ1v) is 15.4. The van der Waals surface area contributed by atoms with E-state index >= 15 is 0 Å². The summed E-state index contributed by atoms with van der Waals surface area (Å²) in [6.07, 6.45) is 3.20. The quantitative estimate of drug-likeness (QED) is 0.297. The van der Waals surface area contributed by atoms with E-state index in [2.05, 4.69) is 29.1 Å². The first-order chi connectivity index (χ1) is 19.3. The lowest BCUT2D eigenvalue weighted by Crippen LogP contribution is -2.62. The van der Waals surface area contributed by atoms with Crippen LogP contribution in [0.3, 0.4) is 0 Å². The van der Waals surface area contributed by atoms with E-state index in [1.165, 1.54) is 0 Å². The smallest absolute Gasteiger partial charge is 0.249 e. The van der Waals surface area contributed by atoms with Gasteiger partial charge in [-0.1, -0.05) is 72.3 Å². The fourth-order valence-corrected chi connectivity index (χ4v) is 7.92. The molecule has 1 aromatic rings. The van der Waals surface area contributed by atoms with Crippen molar-refractivity contribution in [1.29, 1.82) is 0 Å². The number of amides is 3. The van der Waals surface area contributed by atoms with Crippen LogP contribution >= 0.6 is 15.9 Å². The van der Waals surface area contributed by atoms with E-state index in [4.69, 9.17) is 4.74 Å². The van der Waals surface area contributed by atoms with Crippen molar-refractivity contribution in [2.24, 2.45) is 17.8 Å². The Labute approximate surface area is 252 Å². The fourth-order valence-electron chi connectivity index (χ4n) is 6.98. The number of rotatable bonds is 11. The molecule has 8 nitrogen and oxygen atoms in total. The minimum absolute atomic E-state index is 0.126. The Morgan fingerprint density at radius 2 is 1.80 bits per heavy atom. The van der Waals surface area contributed by atoms with Crippen molar-refractivity contribution in [3.63, 3.8) is 0 Å². The van der Waals surface area contributed by atoms with Gasteiger partial charge in [0, 0.05) is 30.0 Å². The summed E-state index contributed by atoms with van der Waals surface area (Å²) in [4.78, 5) is 48.2. The highest BCUT2D eigenvalue weighted by Crippen LogP contribution is 2.61. The summed E-state index contributed by atoms with van der Waals surface area (Å²) in [5, 5.41) is 10.5. The molecule has 9 heteroatoms. The van der Waals surface area contributed by atoms with Gasteiger partial charge in [0.1, 0.15) is 11.6 Å². The number of aliphatic hydroxyl groups excluding tert-OH is 1. The number of carbonyl (C=O) groups is 3. The second kappa shape index (κ2) is 12.0. The summed E-state index contributed by atoms with van der Waals surface area (Å²) in [5.41, 5.74) is -0.792. The van der Waals surface area contributed by atoms with E-state index in [1.54, 1.807) is 26.9 Å². The molecule has 3 fully saturated rings. The molecule has 3 aliphatic rings. The molecule has 0 saturated carbocycles. The van der Waals surface area contributed by atoms with E-state index in [-0.39, 0.29) is 35.1 Å². The Hall–Kier alpha value is -2.49. The summed E-state index contributed by atoms with van der Waals surface area (Å²) in [6, 6.07) is 8.11. The maximum Gasteiger partial charge on any atom is 0.249 e. The number of ether oxygens (including phenoxy) is 1. The molecule has 3 saturated heterocycles. The second-order valence-electron chi connectivity index (χ2n) is 12.8. The van der Waals surface area contributed by atoms with Gasteiger partial charge < -0.3 is 24.5 Å². The van der Waals surface area contributed by atoms with E-state index in [9.17, 15) is 19.5 Å². The minimum atomic E-state index is -1.20. The molecule has 3 amide bonds. The lowest BCUT2D eigenvalue weighted by Gasteiger charge is -2.44. The van der Waals surface area contributed by atoms with Crippen LogP contribution in [0.1, 0.15) is 46.6 Å². The minimum Gasteiger partial charge on any atom is -0.394 e. The van der Waals surface area contributed by atoms with E-state index in [1.807, 2.05) is 65.0 Å². The maximum absolute atomic E-state index is 14.6. The number of likely N-dealkylation sites (tertiary alicyclic amines) is 1. The van der Waals surface area contributed by atoms with Crippen LogP contribution in [0.2, 0.25) is 0 Å². The number of benzene rings is 1. The first kappa shape index (κ1) is 31.4. The molecule has 1 spiro atoms. The van der Waals surface area contributed by atoms with Gasteiger partial charge in [-0.05, 0) is 38.7 Å². The highest BCUT2D eigenvalue weighted by Gasteiger charge is 2.77. The summed E-state index contributed by atoms with van der Waals surface area (Å²) in [7, 11) is 0. The molecule has 0 aromatic heterocycles. The van der Waals surface area contributed by atoms with Gasteiger partial charge in [0.2, 0.25) is 17.7 Å². The standard InChI is InChI=1S/C32H44BrN3O5/c1-8-15-34(18-21-13-11-10-12-14-21)28(38)24-25-29(39)36(23(19-37)20(3)4)27(32(25)17-22(33)26(24)41-32)30(40)35(16-9-2)31(5,6)7/h8-14,20,22-27,37H,1-2,15-19H2,3-7H3/t22?,23-,24+,25-,26+,27?,32?/m0/s1. The summed E-state index contributed by atoms with van der Waals surface area (Å²) in [6.45, 7) is 18.1. The molecule has 3 unspecified atom stereocenters. The summed E-state index contributed by atoms with van der Waals surface area (Å²) in [5.74, 6) is -2.50. The van der Waals surface area contributed by atoms with E-state index in [0.29, 0.717) is 26.1 Å². The SMILES string of the molecule is C=CCN(Cc1ccccc1)C(=O)[C@H]1[C@@H]2OC3(CC2Br)C(C(=O)N(CC=C)C(C)(C)C)N([C@@H](CO)C(C)C)C(=O)[C@H]13. The monoisotopic (exact) mass is 629 g/mol. The summed E-state index contributed by atoms with van der Waals surface area (Å²) < 4.78 is 6.72. The van der Waals surface area contributed by atoms with E-state index in [0.717, 1.165) is 5.56 Å². The Kier molecular flexibility index (Phi) is 9.21. The predicted molar refractivity (Wildman–Crippen MR) is 162 cm³/mol. The molecule has 7 atom stereocenters. The Morgan fingerprint density at radius 1 is 1.17 bits per heavy atom. The molecular formula is C32H44BrN3O5. The lowest BCUT2D eigenvalue weighted by molar-refractivity contribution is -0.155. The van der Waals surface area contributed by atoms with Crippen molar-refractivity contribution < 1.29 is 24.2 Å². The van der Waals surface area contributed by atoms with Crippen molar-refractivity contribution >= 4 is 33.7 Å². The van der Waals surface area contributed by atoms with Crippen LogP contribution in [-0.4, -0.2) is 91.4 Å². The third kappa shape index (κ3) is 5.41. The molecular weight excluding hydrogens is 586 g/mol. The topological polar surface area (TPSA) is 90.4 Å². The third-order valence-electron chi connectivity index (χ3n) is 8.82. The number of hydrogen-bond acceptors (Lipinski definition) is 5. The first-order valence-electron chi connectivity index (χ1n) is 14.4. The number of aliphatic hydroxyl groups is 1. The van der Waals surface area contributed by atoms with Crippen molar-refractivity contribution in [3.05, 3.63) is 61.2 Å². The van der Waals surface area contributed by atoms with Crippen LogP contribution in [0.4, 0.5) is 0 Å². The van der Waals surface area contributed by atoms with Crippen LogP contribution in [0.5, 0.6) is 0 Å². The zero-order chi connectivity index (χ0) is 30.3. The molecule has 224 valence electrons. The zero-order valence-electron chi connectivity index (χ0n) is 24.8. The highest BCUT2D eigenvalue weighted by atomic mass is 79.9. The second-order valence-corrected chi connectivity index (χ2v) is 14.0.